The van der Waals surface area contributed by atoms with Gasteiger partial charge in [-0.1, -0.05) is 29.8 Å². The van der Waals surface area contributed by atoms with E-state index in [2.05, 4.69) is 5.32 Å². The smallest absolute Gasteiger partial charge is 0.240 e. The zero-order valence-electron chi connectivity index (χ0n) is 15.5. The van der Waals surface area contributed by atoms with Crippen LogP contribution in [-0.2, 0) is 14.8 Å². The fraction of sp³-hybridized carbons (Fsp3) is 0.316. The van der Waals surface area contributed by atoms with Crippen LogP contribution in [0.2, 0.25) is 0 Å². The fourth-order valence-electron chi connectivity index (χ4n) is 2.53. The van der Waals surface area contributed by atoms with Crippen LogP contribution in [0.5, 0.6) is 5.75 Å². The third-order valence-electron chi connectivity index (χ3n) is 3.82. The molecule has 146 valence electrons. The third kappa shape index (κ3) is 5.96. The van der Waals surface area contributed by atoms with Crippen LogP contribution >= 0.6 is 0 Å². The first-order valence-electron chi connectivity index (χ1n) is 8.37. The van der Waals surface area contributed by atoms with Crippen molar-refractivity contribution in [1.82, 2.24) is 5.32 Å². The Morgan fingerprint density at radius 3 is 2.52 bits per heavy atom. The molecule has 8 heteroatoms. The maximum absolute atomic E-state index is 13.9. The van der Waals surface area contributed by atoms with Gasteiger partial charge in [0, 0.05) is 0 Å². The topological polar surface area (TPSA) is 75.7 Å². The summed E-state index contributed by atoms with van der Waals surface area (Å²) in [5, 5.41) is 2.58. The van der Waals surface area contributed by atoms with Crippen LogP contribution in [0.15, 0.2) is 42.5 Å². The van der Waals surface area contributed by atoms with Crippen molar-refractivity contribution in [3.63, 3.8) is 0 Å². The molecular formula is C19H23FN2O4S. The van der Waals surface area contributed by atoms with Gasteiger partial charge in [-0.05, 0) is 37.6 Å². The van der Waals surface area contributed by atoms with Crippen molar-refractivity contribution in [2.75, 3.05) is 30.3 Å². The van der Waals surface area contributed by atoms with E-state index >= 15 is 0 Å². The first kappa shape index (κ1) is 20.7. The molecule has 0 aliphatic heterocycles. The zero-order valence-corrected chi connectivity index (χ0v) is 16.3. The normalized spacial score (nSPS) is 11.1. The van der Waals surface area contributed by atoms with Gasteiger partial charge in [-0.25, -0.2) is 12.8 Å². The van der Waals surface area contributed by atoms with Crippen LogP contribution in [0.1, 0.15) is 11.1 Å². The average molecular weight is 394 g/mol. The third-order valence-corrected chi connectivity index (χ3v) is 4.95. The number of amides is 1. The van der Waals surface area contributed by atoms with E-state index in [9.17, 15) is 17.6 Å². The lowest BCUT2D eigenvalue weighted by molar-refractivity contribution is -0.119. The maximum Gasteiger partial charge on any atom is 0.240 e. The number of hydrogen-bond acceptors (Lipinski definition) is 4. The van der Waals surface area contributed by atoms with Crippen LogP contribution in [0.3, 0.4) is 0 Å². The van der Waals surface area contributed by atoms with E-state index in [4.69, 9.17) is 4.74 Å². The number of rotatable bonds is 8. The number of benzene rings is 2. The number of halogens is 1. The van der Waals surface area contributed by atoms with Crippen LogP contribution in [0.25, 0.3) is 0 Å². The van der Waals surface area contributed by atoms with Crippen LogP contribution in [-0.4, -0.2) is 40.3 Å². The van der Waals surface area contributed by atoms with Gasteiger partial charge >= 0.3 is 0 Å². The van der Waals surface area contributed by atoms with Gasteiger partial charge in [-0.2, -0.15) is 0 Å². The van der Waals surface area contributed by atoms with E-state index < -0.39 is 28.3 Å². The predicted octanol–water partition coefficient (Wildman–Crippen LogP) is 2.40. The molecule has 0 saturated heterocycles. The van der Waals surface area contributed by atoms with Gasteiger partial charge in [0.25, 0.3) is 0 Å². The molecule has 0 unspecified atom stereocenters. The van der Waals surface area contributed by atoms with E-state index in [0.29, 0.717) is 0 Å². The average Bonchev–Trinajstić information content (AvgIpc) is 2.58. The summed E-state index contributed by atoms with van der Waals surface area (Å²) >= 11 is 0. The summed E-state index contributed by atoms with van der Waals surface area (Å²) in [6.07, 6.45) is 0.927. The molecule has 0 aromatic heterocycles. The van der Waals surface area contributed by atoms with Gasteiger partial charge in [-0.15, -0.1) is 0 Å². The van der Waals surface area contributed by atoms with Crippen molar-refractivity contribution >= 4 is 21.6 Å². The van der Waals surface area contributed by atoms with Crippen molar-refractivity contribution < 1.29 is 22.3 Å². The molecule has 0 radical (unpaired) electrons. The lowest BCUT2D eigenvalue weighted by Gasteiger charge is -2.22. The number of hydrogen-bond donors (Lipinski definition) is 1. The predicted molar refractivity (Wildman–Crippen MR) is 103 cm³/mol. The van der Waals surface area contributed by atoms with Crippen molar-refractivity contribution in [2.24, 2.45) is 0 Å². The Morgan fingerprint density at radius 2 is 1.89 bits per heavy atom. The minimum Gasteiger partial charge on any atom is -0.491 e. The van der Waals surface area contributed by atoms with E-state index in [-0.39, 0.29) is 18.8 Å². The number of ether oxygens (including phenoxy) is 1. The lowest BCUT2D eigenvalue weighted by atomic mass is 10.1. The molecule has 27 heavy (non-hydrogen) atoms. The Bertz CT molecular complexity index is 916. The number of carbonyl (C=O) groups excluding carboxylic acids is 1. The molecule has 0 heterocycles. The van der Waals surface area contributed by atoms with Crippen LogP contribution in [0, 0.1) is 19.7 Å². The lowest BCUT2D eigenvalue weighted by Crippen LogP contribution is -2.41. The molecule has 1 amide bonds. The van der Waals surface area contributed by atoms with Crippen LogP contribution in [0.4, 0.5) is 10.1 Å². The molecule has 0 aliphatic rings. The monoisotopic (exact) mass is 394 g/mol. The Hall–Kier alpha value is -2.61. The van der Waals surface area contributed by atoms with Crippen molar-refractivity contribution in [3.8, 4) is 5.75 Å². The number of nitrogens with zero attached hydrogens (tertiary/aromatic N) is 1. The fourth-order valence-corrected chi connectivity index (χ4v) is 3.39. The summed E-state index contributed by atoms with van der Waals surface area (Å²) in [7, 11) is -3.82. The highest BCUT2D eigenvalue weighted by molar-refractivity contribution is 7.92. The Balaban J connectivity index is 1.92. The number of para-hydroxylation sites is 1. The summed E-state index contributed by atoms with van der Waals surface area (Å²) in [6.45, 7) is 3.83. The van der Waals surface area contributed by atoms with Crippen molar-refractivity contribution in [3.05, 3.63) is 59.4 Å². The number of sulfonamides is 1. The SMILES string of the molecule is Cc1ccc(OCCNC(=O)CN(c2ccccc2F)S(C)(=O)=O)c(C)c1. The summed E-state index contributed by atoms with van der Waals surface area (Å²) in [6, 6.07) is 11.2. The summed E-state index contributed by atoms with van der Waals surface area (Å²) < 4.78 is 44.2. The van der Waals surface area contributed by atoms with Gasteiger partial charge in [-0.3, -0.25) is 9.10 Å². The van der Waals surface area contributed by atoms with Gasteiger partial charge in [0.15, 0.2) is 0 Å². The number of aryl methyl sites for hydroxylation is 2. The molecule has 0 spiro atoms. The second-order valence-electron chi connectivity index (χ2n) is 6.19. The molecule has 0 atom stereocenters. The standard InChI is InChI=1S/C19H23FN2O4S/c1-14-8-9-18(15(2)12-14)26-11-10-21-19(23)13-22(27(3,24)25)17-7-5-4-6-16(17)20/h4-9,12H,10-11,13H2,1-3H3,(H,21,23). The number of carbonyl (C=O) groups is 1. The highest BCUT2D eigenvalue weighted by Crippen LogP contribution is 2.21. The molecule has 2 aromatic carbocycles. The van der Waals surface area contributed by atoms with Crippen molar-refractivity contribution in [2.45, 2.75) is 13.8 Å². The van der Waals surface area contributed by atoms with Gasteiger partial charge < -0.3 is 10.1 Å². The second-order valence-corrected chi connectivity index (χ2v) is 8.10. The Kier molecular flexibility index (Phi) is 6.79. The number of anilines is 1. The molecule has 2 rings (SSSR count). The summed E-state index contributed by atoms with van der Waals surface area (Å²) in [5.41, 5.74) is 1.95. The molecule has 0 aliphatic carbocycles. The molecular weight excluding hydrogens is 371 g/mol. The second kappa shape index (κ2) is 8.85. The zero-order chi connectivity index (χ0) is 20.0. The molecule has 2 aromatic rings. The van der Waals surface area contributed by atoms with E-state index in [1.165, 1.54) is 18.2 Å². The minimum atomic E-state index is -3.82. The summed E-state index contributed by atoms with van der Waals surface area (Å²) in [4.78, 5) is 12.1. The number of nitrogens with one attached hydrogen (secondary N) is 1. The molecule has 0 fully saturated rings. The minimum absolute atomic E-state index is 0.165. The Morgan fingerprint density at radius 1 is 1.19 bits per heavy atom. The first-order chi connectivity index (χ1) is 12.7. The van der Waals surface area contributed by atoms with E-state index in [1.54, 1.807) is 0 Å². The van der Waals surface area contributed by atoms with Gasteiger partial charge in [0.1, 0.15) is 24.7 Å². The molecule has 6 nitrogen and oxygen atoms in total. The van der Waals surface area contributed by atoms with Gasteiger partial charge in [0.05, 0.1) is 18.5 Å². The summed E-state index contributed by atoms with van der Waals surface area (Å²) in [5.74, 6) is -0.541. The molecule has 1 N–H and O–H groups in total. The van der Waals surface area contributed by atoms with Gasteiger partial charge in [0.2, 0.25) is 15.9 Å². The maximum atomic E-state index is 13.9. The molecule has 0 saturated carbocycles. The molecule has 0 bridgehead atoms. The van der Waals surface area contributed by atoms with Crippen LogP contribution < -0.4 is 14.4 Å². The Labute approximate surface area is 159 Å². The van der Waals surface area contributed by atoms with Crippen molar-refractivity contribution in [1.29, 1.82) is 0 Å². The van der Waals surface area contributed by atoms with E-state index in [0.717, 1.165) is 33.5 Å². The quantitative estimate of drug-likeness (QED) is 0.698. The largest absolute Gasteiger partial charge is 0.491 e. The van der Waals surface area contributed by atoms with E-state index in [1.807, 2.05) is 32.0 Å². The highest BCUT2D eigenvalue weighted by Gasteiger charge is 2.23. The highest BCUT2D eigenvalue weighted by atomic mass is 32.2. The first-order valence-corrected chi connectivity index (χ1v) is 10.2.